The van der Waals surface area contributed by atoms with Crippen molar-refractivity contribution < 1.29 is 24.0 Å². The Labute approximate surface area is 287 Å². The molecule has 3 aromatic carbocycles. The molecule has 8 rings (SSSR count). The van der Waals surface area contributed by atoms with Crippen LogP contribution in [-0.2, 0) is 19.9 Å². The number of hydrogen-bond donors (Lipinski definition) is 2. The quantitative estimate of drug-likeness (QED) is 0.294. The molecule has 5 amide bonds. The van der Waals surface area contributed by atoms with E-state index < -0.39 is 35.2 Å². The second-order valence-electron chi connectivity index (χ2n) is 14.0. The summed E-state index contributed by atoms with van der Waals surface area (Å²) in [6, 6.07) is 17.4. The first-order valence-electron chi connectivity index (χ1n) is 16.7. The minimum Gasteiger partial charge on any atom is -0.371 e. The van der Waals surface area contributed by atoms with E-state index in [1.165, 1.54) is 0 Å². The summed E-state index contributed by atoms with van der Waals surface area (Å²) in [5, 5.41) is 21.0. The van der Waals surface area contributed by atoms with E-state index in [4.69, 9.17) is 0 Å². The first kappa shape index (κ1) is 31.3. The lowest BCUT2D eigenvalue weighted by atomic mass is 10.0. The van der Waals surface area contributed by atoms with E-state index in [2.05, 4.69) is 31.6 Å². The van der Waals surface area contributed by atoms with Gasteiger partial charge in [-0.15, -0.1) is 0 Å². The number of nitriles is 1. The number of carbonyl (C=O) groups is 5. The smallest absolute Gasteiger partial charge is 0.262 e. The highest BCUT2D eigenvalue weighted by Gasteiger charge is 2.46. The molecule has 3 unspecified atom stereocenters. The van der Waals surface area contributed by atoms with Crippen molar-refractivity contribution >= 4 is 57.4 Å². The number of benzene rings is 3. The molecule has 3 atom stereocenters. The molecule has 13 nitrogen and oxygen atoms in total. The summed E-state index contributed by atoms with van der Waals surface area (Å²) >= 11 is 0. The fourth-order valence-corrected chi connectivity index (χ4v) is 7.74. The van der Waals surface area contributed by atoms with Crippen LogP contribution in [-0.4, -0.2) is 76.4 Å². The standard InChI is InChI=1S/C37H34N8O5/c1-37(2,36(50)40-30-10-7-21(14-38)26-5-3-4-6-27(26)30)44-20-25(15-39-44)43-18-22-16-42(17-23(22)19-43)24-8-9-28-29(13-24)35(49)45(34(28)48)31-11-12-32(46)41-33(31)47/h3-10,13,15,20,22-23,31H,11-12,16-19H2,1-2H3,(H,40,50)(H,41,46,47). The summed E-state index contributed by atoms with van der Waals surface area (Å²) in [5.41, 5.74) is 2.52. The Balaban J connectivity index is 0.923. The third-order valence-corrected chi connectivity index (χ3v) is 10.6. The van der Waals surface area contributed by atoms with Gasteiger partial charge >= 0.3 is 0 Å². The van der Waals surface area contributed by atoms with Crippen LogP contribution < -0.4 is 20.4 Å². The largest absolute Gasteiger partial charge is 0.371 e. The maximum Gasteiger partial charge on any atom is 0.262 e. The molecule has 4 aliphatic heterocycles. The maximum absolute atomic E-state index is 13.6. The third-order valence-electron chi connectivity index (χ3n) is 10.6. The molecule has 4 aliphatic rings. The Morgan fingerprint density at radius 2 is 1.58 bits per heavy atom. The van der Waals surface area contributed by atoms with Crippen LogP contribution in [0.4, 0.5) is 17.1 Å². The Morgan fingerprint density at radius 1 is 0.900 bits per heavy atom. The Kier molecular flexibility index (Phi) is 7.22. The first-order chi connectivity index (χ1) is 24.0. The number of fused-ring (bicyclic) bond motifs is 3. The molecule has 252 valence electrons. The van der Waals surface area contributed by atoms with Gasteiger partial charge in [-0.3, -0.25) is 38.9 Å². The molecule has 5 heterocycles. The Hall–Kier alpha value is -6.03. The van der Waals surface area contributed by atoms with Crippen LogP contribution in [0.25, 0.3) is 10.8 Å². The number of nitrogens with one attached hydrogen (secondary N) is 2. The second-order valence-corrected chi connectivity index (χ2v) is 14.0. The van der Waals surface area contributed by atoms with E-state index in [0.717, 1.165) is 53.2 Å². The highest BCUT2D eigenvalue weighted by atomic mass is 16.2. The van der Waals surface area contributed by atoms with Crippen LogP contribution in [0.2, 0.25) is 0 Å². The summed E-state index contributed by atoms with van der Waals surface area (Å²) in [6.07, 6.45) is 3.90. The molecule has 0 saturated carbocycles. The number of carbonyl (C=O) groups excluding carboxylic acids is 5. The van der Waals surface area contributed by atoms with Crippen molar-refractivity contribution in [2.24, 2.45) is 11.8 Å². The summed E-state index contributed by atoms with van der Waals surface area (Å²) in [5.74, 6) is -1.55. The minimum absolute atomic E-state index is 0.0774. The van der Waals surface area contributed by atoms with Crippen molar-refractivity contribution in [3.8, 4) is 6.07 Å². The molecule has 0 spiro atoms. The second kappa shape index (κ2) is 11.5. The van der Waals surface area contributed by atoms with E-state index in [1.807, 2.05) is 50.4 Å². The lowest BCUT2D eigenvalue weighted by Gasteiger charge is -2.27. The normalized spacial score (nSPS) is 21.8. The first-order valence-corrected chi connectivity index (χ1v) is 16.7. The summed E-state index contributed by atoms with van der Waals surface area (Å²) in [6.45, 7) is 6.81. The van der Waals surface area contributed by atoms with E-state index in [9.17, 15) is 29.2 Å². The van der Waals surface area contributed by atoms with Crippen molar-refractivity contribution in [3.63, 3.8) is 0 Å². The molecular weight excluding hydrogens is 636 g/mol. The highest BCUT2D eigenvalue weighted by Crippen LogP contribution is 2.38. The van der Waals surface area contributed by atoms with E-state index >= 15 is 0 Å². The van der Waals surface area contributed by atoms with Crippen molar-refractivity contribution in [1.82, 2.24) is 20.0 Å². The van der Waals surface area contributed by atoms with E-state index in [-0.39, 0.29) is 29.9 Å². The van der Waals surface area contributed by atoms with Gasteiger partial charge in [0.2, 0.25) is 11.8 Å². The van der Waals surface area contributed by atoms with Crippen LogP contribution in [0.15, 0.2) is 67.0 Å². The molecule has 2 N–H and O–H groups in total. The topological polar surface area (TPSA) is 161 Å². The number of rotatable bonds is 6. The number of amides is 5. The summed E-state index contributed by atoms with van der Waals surface area (Å²) in [4.78, 5) is 69.6. The van der Waals surface area contributed by atoms with E-state index in [1.54, 1.807) is 35.1 Å². The molecule has 3 fully saturated rings. The van der Waals surface area contributed by atoms with Crippen molar-refractivity contribution in [3.05, 3.63) is 83.7 Å². The van der Waals surface area contributed by atoms with Crippen LogP contribution in [0.1, 0.15) is 53.0 Å². The van der Waals surface area contributed by atoms with Gasteiger partial charge in [0.05, 0.1) is 34.6 Å². The van der Waals surface area contributed by atoms with Gasteiger partial charge < -0.3 is 15.1 Å². The third kappa shape index (κ3) is 4.98. The van der Waals surface area contributed by atoms with Crippen molar-refractivity contribution in [2.45, 2.75) is 38.3 Å². The molecule has 13 heteroatoms. The zero-order valence-corrected chi connectivity index (χ0v) is 27.6. The van der Waals surface area contributed by atoms with Crippen LogP contribution in [0.5, 0.6) is 0 Å². The van der Waals surface area contributed by atoms with Crippen molar-refractivity contribution in [1.29, 1.82) is 5.26 Å². The maximum atomic E-state index is 13.6. The molecular formula is C37H34N8O5. The predicted molar refractivity (Wildman–Crippen MR) is 183 cm³/mol. The van der Waals surface area contributed by atoms with Crippen LogP contribution in [0.3, 0.4) is 0 Å². The predicted octanol–water partition coefficient (Wildman–Crippen LogP) is 3.26. The SMILES string of the molecule is CC(C)(C(=O)Nc1ccc(C#N)c2ccccc12)n1cc(N2CC3CN(c4ccc5c(c4)C(=O)N(C4CCC(=O)NC4=O)C5=O)CC3C2)cn1. The van der Waals surface area contributed by atoms with Gasteiger partial charge in [-0.1, -0.05) is 24.3 Å². The number of anilines is 3. The number of nitrogens with zero attached hydrogens (tertiary/aromatic N) is 6. The number of hydrogen-bond acceptors (Lipinski definition) is 9. The molecule has 0 bridgehead atoms. The van der Waals surface area contributed by atoms with Crippen LogP contribution in [0, 0.1) is 23.2 Å². The summed E-state index contributed by atoms with van der Waals surface area (Å²) in [7, 11) is 0. The van der Waals surface area contributed by atoms with Gasteiger partial charge in [0.1, 0.15) is 11.6 Å². The number of aromatic nitrogens is 2. The fraction of sp³-hybridized carbons (Fsp3) is 0.324. The molecule has 50 heavy (non-hydrogen) atoms. The summed E-state index contributed by atoms with van der Waals surface area (Å²) < 4.78 is 1.69. The average Bonchev–Trinajstić information content (AvgIpc) is 3.89. The highest BCUT2D eigenvalue weighted by molar-refractivity contribution is 6.23. The lowest BCUT2D eigenvalue weighted by molar-refractivity contribution is -0.136. The number of piperidine rings is 1. The van der Waals surface area contributed by atoms with Gasteiger partial charge in [-0.25, -0.2) is 0 Å². The molecule has 3 saturated heterocycles. The Morgan fingerprint density at radius 3 is 2.28 bits per heavy atom. The van der Waals surface area contributed by atoms with Gasteiger partial charge in [-0.05, 0) is 50.6 Å². The minimum atomic E-state index is -1.00. The zero-order chi connectivity index (χ0) is 34.9. The van der Waals surface area contributed by atoms with Gasteiger partial charge in [0.15, 0.2) is 0 Å². The Bertz CT molecular complexity index is 2170. The van der Waals surface area contributed by atoms with E-state index in [0.29, 0.717) is 23.1 Å². The molecule has 4 aromatic rings. The zero-order valence-electron chi connectivity index (χ0n) is 27.6. The van der Waals surface area contributed by atoms with Crippen molar-refractivity contribution in [2.75, 3.05) is 41.3 Å². The van der Waals surface area contributed by atoms with Crippen LogP contribution >= 0.6 is 0 Å². The molecule has 0 radical (unpaired) electrons. The van der Waals surface area contributed by atoms with Gasteiger partial charge in [0, 0.05) is 72.8 Å². The van der Waals surface area contributed by atoms with Gasteiger partial charge in [-0.2, -0.15) is 10.4 Å². The monoisotopic (exact) mass is 670 g/mol. The molecule has 0 aliphatic carbocycles. The molecule has 1 aromatic heterocycles. The lowest BCUT2D eigenvalue weighted by Crippen LogP contribution is -2.54. The average molecular weight is 671 g/mol. The van der Waals surface area contributed by atoms with Gasteiger partial charge in [0.25, 0.3) is 17.7 Å². The number of imide groups is 2. The fourth-order valence-electron chi connectivity index (χ4n) is 7.74.